The average molecular weight is 126 g/mol. The monoisotopic (exact) mass is 126 g/mol. The Morgan fingerprint density at radius 3 is 2.56 bits per heavy atom. The molecule has 0 heterocycles. The van der Waals surface area contributed by atoms with Crippen molar-refractivity contribution in [1.29, 1.82) is 10.8 Å². The lowest BCUT2D eigenvalue weighted by atomic mass is 10.1. The van der Waals surface area contributed by atoms with Crippen LogP contribution in [0.2, 0.25) is 0 Å². The third kappa shape index (κ3) is 5.21. The molecular formula is C7H14N2. The summed E-state index contributed by atoms with van der Waals surface area (Å²) in [5.74, 6) is 0.393. The number of rotatable bonds is 5. The Balaban J connectivity index is 3.05. The van der Waals surface area contributed by atoms with Crippen LogP contribution in [-0.4, -0.2) is 12.4 Å². The topological polar surface area (TPSA) is 47.7 Å². The molecule has 9 heavy (non-hydrogen) atoms. The maximum Gasteiger partial charge on any atom is -0.00195 e. The second-order valence-corrected chi connectivity index (χ2v) is 2.28. The largest absolute Gasteiger partial charge is 0.313 e. The van der Waals surface area contributed by atoms with Crippen LogP contribution in [0.25, 0.3) is 0 Å². The van der Waals surface area contributed by atoms with Gasteiger partial charge in [0.2, 0.25) is 0 Å². The van der Waals surface area contributed by atoms with E-state index in [1.165, 1.54) is 12.4 Å². The fourth-order valence-corrected chi connectivity index (χ4v) is 0.625. The van der Waals surface area contributed by atoms with Gasteiger partial charge in [0.25, 0.3) is 0 Å². The van der Waals surface area contributed by atoms with Crippen LogP contribution >= 0.6 is 0 Å². The zero-order valence-electron chi connectivity index (χ0n) is 5.85. The summed E-state index contributed by atoms with van der Waals surface area (Å²) in [4.78, 5) is 0. The minimum Gasteiger partial charge on any atom is -0.313 e. The van der Waals surface area contributed by atoms with Crippen molar-refractivity contribution in [2.45, 2.75) is 26.2 Å². The van der Waals surface area contributed by atoms with Gasteiger partial charge in [-0.05, 0) is 37.6 Å². The summed E-state index contributed by atoms with van der Waals surface area (Å²) < 4.78 is 0. The predicted octanol–water partition coefficient (Wildman–Crippen LogP) is 2.09. The van der Waals surface area contributed by atoms with Crippen molar-refractivity contribution in [2.75, 3.05) is 0 Å². The Morgan fingerprint density at radius 1 is 1.44 bits per heavy atom. The van der Waals surface area contributed by atoms with Gasteiger partial charge in [-0.3, -0.25) is 0 Å². The zero-order valence-corrected chi connectivity index (χ0v) is 5.85. The van der Waals surface area contributed by atoms with Crippen LogP contribution in [0.15, 0.2) is 0 Å². The SMILES string of the molecule is CC(C=N)CCCC=N. The average Bonchev–Trinajstić information content (AvgIpc) is 1.89. The van der Waals surface area contributed by atoms with Crippen LogP contribution in [0.4, 0.5) is 0 Å². The highest BCUT2D eigenvalue weighted by molar-refractivity contribution is 5.56. The van der Waals surface area contributed by atoms with E-state index in [2.05, 4.69) is 0 Å². The summed E-state index contributed by atoms with van der Waals surface area (Å²) in [6, 6.07) is 0. The van der Waals surface area contributed by atoms with Gasteiger partial charge >= 0.3 is 0 Å². The Bertz CT molecular complexity index is 88.9. The molecule has 2 N–H and O–H groups in total. The van der Waals surface area contributed by atoms with E-state index in [1.54, 1.807) is 0 Å². The van der Waals surface area contributed by atoms with E-state index in [-0.39, 0.29) is 0 Å². The molecule has 2 heteroatoms. The highest BCUT2D eigenvalue weighted by Gasteiger charge is 1.93. The first-order valence-corrected chi connectivity index (χ1v) is 3.30. The molecule has 0 spiro atoms. The second kappa shape index (κ2) is 5.48. The molecule has 0 aliphatic carbocycles. The van der Waals surface area contributed by atoms with Gasteiger partial charge in [0.1, 0.15) is 0 Å². The van der Waals surface area contributed by atoms with E-state index in [1.807, 2.05) is 6.92 Å². The summed E-state index contributed by atoms with van der Waals surface area (Å²) in [6.07, 6.45) is 5.83. The highest BCUT2D eigenvalue weighted by atomic mass is 14.3. The van der Waals surface area contributed by atoms with E-state index >= 15 is 0 Å². The Morgan fingerprint density at radius 2 is 2.11 bits per heavy atom. The van der Waals surface area contributed by atoms with Crippen molar-refractivity contribution in [2.24, 2.45) is 5.92 Å². The molecule has 0 radical (unpaired) electrons. The predicted molar refractivity (Wildman–Crippen MR) is 40.6 cm³/mol. The maximum absolute atomic E-state index is 6.86. The fraction of sp³-hybridized carbons (Fsp3) is 0.714. The van der Waals surface area contributed by atoms with Gasteiger partial charge in [0.05, 0.1) is 0 Å². The van der Waals surface area contributed by atoms with Crippen molar-refractivity contribution in [3.8, 4) is 0 Å². The van der Waals surface area contributed by atoms with Crippen LogP contribution in [0.5, 0.6) is 0 Å². The third-order valence-corrected chi connectivity index (χ3v) is 1.29. The molecule has 0 saturated carbocycles. The van der Waals surface area contributed by atoms with Crippen LogP contribution in [0, 0.1) is 16.7 Å². The van der Waals surface area contributed by atoms with E-state index in [0.717, 1.165) is 19.3 Å². The van der Waals surface area contributed by atoms with Gasteiger partial charge in [-0.15, -0.1) is 0 Å². The van der Waals surface area contributed by atoms with E-state index in [0.29, 0.717) is 5.92 Å². The lowest BCUT2D eigenvalue weighted by molar-refractivity contribution is 0.658. The quantitative estimate of drug-likeness (QED) is 0.418. The van der Waals surface area contributed by atoms with Crippen molar-refractivity contribution in [1.82, 2.24) is 0 Å². The fourth-order valence-electron chi connectivity index (χ4n) is 0.625. The smallest absolute Gasteiger partial charge is 0.00195 e. The molecular weight excluding hydrogens is 112 g/mol. The lowest BCUT2D eigenvalue weighted by Crippen LogP contribution is -1.94. The van der Waals surface area contributed by atoms with Crippen molar-refractivity contribution >= 4 is 12.4 Å². The Kier molecular flexibility index (Phi) is 5.07. The van der Waals surface area contributed by atoms with Gasteiger partial charge in [0, 0.05) is 0 Å². The summed E-state index contributed by atoms with van der Waals surface area (Å²) in [5.41, 5.74) is 0. The van der Waals surface area contributed by atoms with Crippen LogP contribution in [-0.2, 0) is 0 Å². The molecule has 0 bridgehead atoms. The van der Waals surface area contributed by atoms with Crippen molar-refractivity contribution < 1.29 is 0 Å². The zero-order chi connectivity index (χ0) is 7.11. The summed E-state index contributed by atoms with van der Waals surface area (Å²) in [6.45, 7) is 2.02. The number of hydrogen-bond acceptors (Lipinski definition) is 2. The normalized spacial score (nSPS) is 12.6. The first-order chi connectivity index (χ1) is 4.31. The van der Waals surface area contributed by atoms with Crippen LogP contribution in [0.1, 0.15) is 26.2 Å². The Hall–Kier alpha value is -0.660. The molecule has 0 aliphatic rings. The van der Waals surface area contributed by atoms with E-state index in [4.69, 9.17) is 10.8 Å². The van der Waals surface area contributed by atoms with Gasteiger partial charge in [-0.1, -0.05) is 6.92 Å². The first kappa shape index (κ1) is 8.34. The molecule has 0 aromatic heterocycles. The van der Waals surface area contributed by atoms with Gasteiger partial charge in [-0.2, -0.15) is 0 Å². The first-order valence-electron chi connectivity index (χ1n) is 3.30. The molecule has 52 valence electrons. The molecule has 0 saturated heterocycles. The molecule has 0 aliphatic heterocycles. The maximum atomic E-state index is 6.86. The van der Waals surface area contributed by atoms with Crippen molar-refractivity contribution in [3.05, 3.63) is 0 Å². The standard InChI is InChI=1S/C7H14N2/c1-7(6-9)4-2-3-5-8/h5-9H,2-4H2,1H3. The van der Waals surface area contributed by atoms with Gasteiger partial charge in [-0.25, -0.2) is 0 Å². The lowest BCUT2D eigenvalue weighted by Gasteiger charge is -1.99. The molecule has 0 amide bonds. The van der Waals surface area contributed by atoms with Gasteiger partial charge in [0.15, 0.2) is 0 Å². The minimum absolute atomic E-state index is 0.393. The van der Waals surface area contributed by atoms with Crippen molar-refractivity contribution in [3.63, 3.8) is 0 Å². The number of unbranched alkanes of at least 4 members (excludes halogenated alkanes) is 1. The summed E-state index contributed by atoms with van der Waals surface area (Å²) in [5, 5.41) is 13.6. The van der Waals surface area contributed by atoms with Crippen LogP contribution < -0.4 is 0 Å². The minimum atomic E-state index is 0.393. The van der Waals surface area contributed by atoms with Crippen LogP contribution in [0.3, 0.4) is 0 Å². The highest BCUT2D eigenvalue weighted by Crippen LogP contribution is 2.02. The molecule has 0 aromatic carbocycles. The molecule has 1 unspecified atom stereocenters. The van der Waals surface area contributed by atoms with Gasteiger partial charge < -0.3 is 10.8 Å². The summed E-state index contributed by atoms with van der Waals surface area (Å²) in [7, 11) is 0. The Labute approximate surface area is 56.3 Å². The number of hydrogen-bond donors (Lipinski definition) is 2. The molecule has 2 nitrogen and oxygen atoms in total. The molecule has 1 atom stereocenters. The number of nitrogens with one attached hydrogen (secondary N) is 2. The molecule has 0 aromatic rings. The summed E-state index contributed by atoms with van der Waals surface area (Å²) >= 11 is 0. The van der Waals surface area contributed by atoms with E-state index < -0.39 is 0 Å². The second-order valence-electron chi connectivity index (χ2n) is 2.28. The molecule has 0 rings (SSSR count). The molecule has 0 fully saturated rings. The third-order valence-electron chi connectivity index (χ3n) is 1.29. The van der Waals surface area contributed by atoms with E-state index in [9.17, 15) is 0 Å².